The second-order valence-corrected chi connectivity index (χ2v) is 5.40. The van der Waals surface area contributed by atoms with Crippen molar-refractivity contribution in [2.24, 2.45) is 0 Å². The van der Waals surface area contributed by atoms with Crippen LogP contribution in [0.1, 0.15) is 18.4 Å². The molecule has 0 bridgehead atoms. The Morgan fingerprint density at radius 1 is 1.29 bits per heavy atom. The summed E-state index contributed by atoms with van der Waals surface area (Å²) in [6.07, 6.45) is 7.28. The zero-order valence-electron chi connectivity index (χ0n) is 11.9. The Morgan fingerprint density at radius 2 is 2.19 bits per heavy atom. The Morgan fingerprint density at radius 3 is 3.00 bits per heavy atom. The van der Waals surface area contributed by atoms with Crippen LogP contribution >= 0.6 is 0 Å². The first-order valence-electron chi connectivity index (χ1n) is 7.29. The summed E-state index contributed by atoms with van der Waals surface area (Å²) in [6, 6.07) is 7.33. The summed E-state index contributed by atoms with van der Waals surface area (Å²) < 4.78 is 13.7. The van der Waals surface area contributed by atoms with E-state index in [1.54, 1.807) is 24.7 Å². The van der Waals surface area contributed by atoms with Crippen molar-refractivity contribution in [2.45, 2.75) is 25.4 Å². The van der Waals surface area contributed by atoms with E-state index in [1.165, 1.54) is 6.07 Å². The van der Waals surface area contributed by atoms with Crippen LogP contribution in [-0.4, -0.2) is 34.0 Å². The van der Waals surface area contributed by atoms with Gasteiger partial charge in [-0.05, 0) is 25.5 Å². The van der Waals surface area contributed by atoms with Crippen molar-refractivity contribution in [1.82, 2.24) is 14.9 Å². The van der Waals surface area contributed by atoms with Gasteiger partial charge in [0.2, 0.25) is 0 Å². The third-order valence-electron chi connectivity index (χ3n) is 3.77. The topological polar surface area (TPSA) is 41.0 Å². The molecule has 1 fully saturated rings. The summed E-state index contributed by atoms with van der Waals surface area (Å²) in [5.74, 6) is 0.678. The van der Waals surface area contributed by atoms with Crippen LogP contribution in [0.3, 0.4) is 0 Å². The lowest BCUT2D eigenvalue weighted by atomic mass is 10.0. The minimum absolute atomic E-state index is 0.124. The quantitative estimate of drug-likeness (QED) is 0.938. The molecule has 1 atom stereocenters. The van der Waals surface area contributed by atoms with Crippen LogP contribution in [0.4, 0.5) is 10.2 Å². The molecule has 1 aliphatic rings. The van der Waals surface area contributed by atoms with Crippen molar-refractivity contribution >= 4 is 5.82 Å². The van der Waals surface area contributed by atoms with Crippen LogP contribution in [0.25, 0.3) is 0 Å². The standard InChI is InChI=1S/C16H19FN4/c17-15-6-2-1-4-13(15)11-21-9-3-5-14(12-21)20-16-10-18-7-8-19-16/h1-2,4,6-8,10,14H,3,5,9,11-12H2,(H,19,20). The number of rotatable bonds is 4. The largest absolute Gasteiger partial charge is 0.365 e. The van der Waals surface area contributed by atoms with E-state index in [1.807, 2.05) is 12.1 Å². The smallest absolute Gasteiger partial charge is 0.144 e. The first-order chi connectivity index (χ1) is 10.3. The molecule has 21 heavy (non-hydrogen) atoms. The number of aromatic nitrogens is 2. The van der Waals surface area contributed by atoms with Crippen molar-refractivity contribution in [1.29, 1.82) is 0 Å². The van der Waals surface area contributed by atoms with Gasteiger partial charge in [-0.15, -0.1) is 0 Å². The summed E-state index contributed by atoms with van der Waals surface area (Å²) >= 11 is 0. The number of halogens is 1. The van der Waals surface area contributed by atoms with Gasteiger partial charge in [-0.2, -0.15) is 0 Å². The van der Waals surface area contributed by atoms with E-state index in [4.69, 9.17) is 0 Å². The highest BCUT2D eigenvalue weighted by Crippen LogP contribution is 2.17. The number of anilines is 1. The number of hydrogen-bond acceptors (Lipinski definition) is 4. The van der Waals surface area contributed by atoms with E-state index in [9.17, 15) is 4.39 Å². The summed E-state index contributed by atoms with van der Waals surface area (Å²) in [5.41, 5.74) is 0.762. The average Bonchev–Trinajstić information content (AvgIpc) is 2.51. The third-order valence-corrected chi connectivity index (χ3v) is 3.77. The molecule has 1 aliphatic heterocycles. The van der Waals surface area contributed by atoms with Crippen molar-refractivity contribution in [3.8, 4) is 0 Å². The second-order valence-electron chi connectivity index (χ2n) is 5.40. The SMILES string of the molecule is Fc1ccccc1CN1CCCC(Nc2cnccn2)C1. The van der Waals surface area contributed by atoms with Crippen molar-refractivity contribution < 1.29 is 4.39 Å². The molecule has 1 aromatic carbocycles. The van der Waals surface area contributed by atoms with Gasteiger partial charge in [-0.25, -0.2) is 9.37 Å². The number of nitrogens with zero attached hydrogens (tertiary/aromatic N) is 3. The minimum Gasteiger partial charge on any atom is -0.365 e. The van der Waals surface area contributed by atoms with Crippen molar-refractivity contribution in [3.63, 3.8) is 0 Å². The van der Waals surface area contributed by atoms with E-state index < -0.39 is 0 Å². The molecule has 2 heterocycles. The van der Waals surface area contributed by atoms with E-state index in [0.717, 1.165) is 37.3 Å². The molecule has 1 N–H and O–H groups in total. The molecule has 1 aromatic heterocycles. The summed E-state index contributed by atoms with van der Waals surface area (Å²) in [4.78, 5) is 10.6. The Balaban J connectivity index is 1.60. The van der Waals surface area contributed by atoms with Gasteiger partial charge in [0, 0.05) is 37.1 Å². The molecule has 0 radical (unpaired) electrons. The fraction of sp³-hybridized carbons (Fsp3) is 0.375. The van der Waals surface area contributed by atoms with E-state index in [-0.39, 0.29) is 5.82 Å². The molecular formula is C16H19FN4. The van der Waals surface area contributed by atoms with Crippen LogP contribution in [-0.2, 0) is 6.54 Å². The van der Waals surface area contributed by atoms with Gasteiger partial charge in [0.1, 0.15) is 11.6 Å². The summed E-state index contributed by atoms with van der Waals surface area (Å²) in [7, 11) is 0. The lowest BCUT2D eigenvalue weighted by Gasteiger charge is -2.33. The highest BCUT2D eigenvalue weighted by atomic mass is 19.1. The van der Waals surface area contributed by atoms with E-state index >= 15 is 0 Å². The first kappa shape index (κ1) is 13.9. The molecule has 0 spiro atoms. The highest BCUT2D eigenvalue weighted by molar-refractivity contribution is 5.31. The lowest BCUT2D eigenvalue weighted by molar-refractivity contribution is 0.206. The van der Waals surface area contributed by atoms with Crippen LogP contribution in [0.2, 0.25) is 0 Å². The predicted octanol–water partition coefficient (Wildman–Crippen LogP) is 2.69. The van der Waals surface area contributed by atoms with Crippen LogP contribution in [0.5, 0.6) is 0 Å². The molecule has 3 rings (SSSR count). The molecule has 1 saturated heterocycles. The number of benzene rings is 1. The van der Waals surface area contributed by atoms with Crippen molar-refractivity contribution in [2.75, 3.05) is 18.4 Å². The Hall–Kier alpha value is -2.01. The van der Waals surface area contributed by atoms with Gasteiger partial charge in [0.15, 0.2) is 0 Å². The first-order valence-corrected chi connectivity index (χ1v) is 7.29. The maximum Gasteiger partial charge on any atom is 0.144 e. The van der Waals surface area contributed by atoms with E-state index in [0.29, 0.717) is 12.6 Å². The van der Waals surface area contributed by atoms with Crippen LogP contribution in [0, 0.1) is 5.82 Å². The van der Waals surface area contributed by atoms with Gasteiger partial charge in [-0.1, -0.05) is 18.2 Å². The van der Waals surface area contributed by atoms with Gasteiger partial charge >= 0.3 is 0 Å². The van der Waals surface area contributed by atoms with Gasteiger partial charge in [0.05, 0.1) is 6.20 Å². The number of likely N-dealkylation sites (tertiary alicyclic amines) is 1. The molecule has 110 valence electrons. The maximum atomic E-state index is 13.7. The van der Waals surface area contributed by atoms with Gasteiger partial charge < -0.3 is 5.32 Å². The van der Waals surface area contributed by atoms with E-state index in [2.05, 4.69) is 20.2 Å². The Kier molecular flexibility index (Phi) is 4.40. The molecule has 0 saturated carbocycles. The molecule has 5 heteroatoms. The number of piperidine rings is 1. The third kappa shape index (κ3) is 3.76. The van der Waals surface area contributed by atoms with Crippen LogP contribution in [0.15, 0.2) is 42.9 Å². The molecule has 0 aliphatic carbocycles. The monoisotopic (exact) mass is 286 g/mol. The lowest BCUT2D eigenvalue weighted by Crippen LogP contribution is -2.41. The molecule has 2 aromatic rings. The van der Waals surface area contributed by atoms with Gasteiger partial charge in [0.25, 0.3) is 0 Å². The average molecular weight is 286 g/mol. The summed E-state index contributed by atoms with van der Waals surface area (Å²) in [6.45, 7) is 2.56. The second kappa shape index (κ2) is 6.63. The Labute approximate surface area is 124 Å². The highest BCUT2D eigenvalue weighted by Gasteiger charge is 2.20. The molecule has 0 amide bonds. The molecule has 4 nitrogen and oxygen atoms in total. The minimum atomic E-state index is -0.124. The summed E-state index contributed by atoms with van der Waals surface area (Å²) in [5, 5.41) is 3.40. The van der Waals surface area contributed by atoms with Crippen molar-refractivity contribution in [3.05, 3.63) is 54.2 Å². The fourth-order valence-corrected chi connectivity index (χ4v) is 2.77. The predicted molar refractivity (Wildman–Crippen MR) is 80.4 cm³/mol. The maximum absolute atomic E-state index is 13.7. The molecule has 1 unspecified atom stereocenters. The number of hydrogen-bond donors (Lipinski definition) is 1. The van der Waals surface area contributed by atoms with Crippen LogP contribution < -0.4 is 5.32 Å². The fourth-order valence-electron chi connectivity index (χ4n) is 2.77. The van der Waals surface area contributed by atoms with Gasteiger partial charge in [-0.3, -0.25) is 9.88 Å². The molecular weight excluding hydrogens is 267 g/mol. The normalized spacial score (nSPS) is 19.4. The zero-order valence-corrected chi connectivity index (χ0v) is 11.9. The number of nitrogens with one attached hydrogen (secondary N) is 1. The zero-order chi connectivity index (χ0) is 14.5. The Bertz CT molecular complexity index is 575.